The summed E-state index contributed by atoms with van der Waals surface area (Å²) in [4.78, 5) is 23.3. The van der Waals surface area contributed by atoms with E-state index in [9.17, 15) is 14.7 Å². The molecule has 4 nitrogen and oxygen atoms in total. The number of aliphatic carboxylic acids is 1. The third kappa shape index (κ3) is 6.93. The molecule has 1 aromatic rings. The van der Waals surface area contributed by atoms with Crippen LogP contribution in [0.5, 0.6) is 0 Å². The number of nitrogens with one attached hydrogen (secondary N) is 1. The number of carbonyl (C=O) groups is 2. The minimum absolute atomic E-state index is 0.188. The maximum atomic E-state index is 12.0. The van der Waals surface area contributed by atoms with Crippen LogP contribution in [-0.4, -0.2) is 23.0 Å². The Kier molecular flexibility index (Phi) is 6.92. The van der Waals surface area contributed by atoms with E-state index >= 15 is 0 Å². The van der Waals surface area contributed by atoms with Gasteiger partial charge in [-0.25, -0.2) is 4.79 Å². The van der Waals surface area contributed by atoms with Gasteiger partial charge in [-0.2, -0.15) is 0 Å². The van der Waals surface area contributed by atoms with Crippen LogP contribution >= 0.6 is 0 Å². The Balaban J connectivity index is 2.54. The average Bonchev–Trinajstić information content (AvgIpc) is 2.37. The van der Waals surface area contributed by atoms with Crippen molar-refractivity contribution in [3.63, 3.8) is 0 Å². The standard InChI is InChI=1S/C17H25NO3/c1-12(2)9-13(3)10-16(19)18-15(17(20)21)11-14-7-5-4-6-8-14/h4-8,12-13,15H,9-11H2,1-3H3,(H,18,19)(H,20,21)/t13?,15-/m1/s1. The van der Waals surface area contributed by atoms with Crippen LogP contribution in [0.3, 0.4) is 0 Å². The Labute approximate surface area is 126 Å². The van der Waals surface area contributed by atoms with Gasteiger partial charge in [-0.15, -0.1) is 0 Å². The molecule has 116 valence electrons. The van der Waals surface area contributed by atoms with E-state index in [1.54, 1.807) is 0 Å². The molecule has 1 rings (SSSR count). The van der Waals surface area contributed by atoms with Crippen LogP contribution in [0.1, 0.15) is 39.2 Å². The number of carboxylic acid groups (broad SMARTS) is 1. The molecule has 0 aliphatic rings. The summed E-state index contributed by atoms with van der Waals surface area (Å²) < 4.78 is 0. The van der Waals surface area contributed by atoms with Crippen molar-refractivity contribution in [1.82, 2.24) is 5.32 Å². The molecule has 0 spiro atoms. The van der Waals surface area contributed by atoms with Gasteiger partial charge in [0.2, 0.25) is 5.91 Å². The van der Waals surface area contributed by atoms with Crippen LogP contribution in [0.25, 0.3) is 0 Å². The minimum Gasteiger partial charge on any atom is -0.480 e. The van der Waals surface area contributed by atoms with Crippen molar-refractivity contribution in [2.75, 3.05) is 0 Å². The number of hydrogen-bond donors (Lipinski definition) is 2. The zero-order valence-corrected chi connectivity index (χ0v) is 13.0. The Morgan fingerprint density at radius 3 is 2.29 bits per heavy atom. The molecule has 0 radical (unpaired) electrons. The summed E-state index contributed by atoms with van der Waals surface area (Å²) in [5.41, 5.74) is 0.903. The van der Waals surface area contributed by atoms with E-state index in [-0.39, 0.29) is 11.8 Å². The van der Waals surface area contributed by atoms with Gasteiger partial charge in [0, 0.05) is 12.8 Å². The SMILES string of the molecule is CC(C)CC(C)CC(=O)N[C@H](Cc1ccccc1)C(=O)O. The Hall–Kier alpha value is -1.84. The van der Waals surface area contributed by atoms with Crippen LogP contribution in [0.2, 0.25) is 0 Å². The van der Waals surface area contributed by atoms with Gasteiger partial charge in [-0.05, 0) is 23.8 Å². The molecule has 0 aliphatic carbocycles. The summed E-state index contributed by atoms with van der Waals surface area (Å²) in [6.07, 6.45) is 1.64. The summed E-state index contributed by atoms with van der Waals surface area (Å²) in [6, 6.07) is 8.46. The highest BCUT2D eigenvalue weighted by Crippen LogP contribution is 2.14. The molecular weight excluding hydrogens is 266 g/mol. The Morgan fingerprint density at radius 2 is 1.76 bits per heavy atom. The number of carbonyl (C=O) groups excluding carboxylic acids is 1. The lowest BCUT2D eigenvalue weighted by atomic mass is 9.95. The predicted molar refractivity (Wildman–Crippen MR) is 82.9 cm³/mol. The maximum Gasteiger partial charge on any atom is 0.326 e. The van der Waals surface area contributed by atoms with Crippen molar-refractivity contribution in [3.8, 4) is 0 Å². The molecule has 0 saturated heterocycles. The maximum absolute atomic E-state index is 12.0. The normalized spacial score (nSPS) is 13.7. The zero-order valence-electron chi connectivity index (χ0n) is 13.0. The van der Waals surface area contributed by atoms with Crippen LogP contribution in [0, 0.1) is 11.8 Å². The number of hydrogen-bond acceptors (Lipinski definition) is 2. The molecule has 4 heteroatoms. The molecule has 0 heterocycles. The molecule has 1 unspecified atom stereocenters. The molecule has 1 aromatic carbocycles. The van der Waals surface area contributed by atoms with Gasteiger partial charge in [-0.1, -0.05) is 51.1 Å². The van der Waals surface area contributed by atoms with E-state index in [4.69, 9.17) is 0 Å². The van der Waals surface area contributed by atoms with Gasteiger partial charge < -0.3 is 10.4 Å². The Bertz CT molecular complexity index is 456. The molecule has 21 heavy (non-hydrogen) atoms. The first-order chi connectivity index (χ1) is 9.88. The van der Waals surface area contributed by atoms with Crippen molar-refractivity contribution < 1.29 is 14.7 Å². The third-order valence-electron chi connectivity index (χ3n) is 3.32. The summed E-state index contributed by atoms with van der Waals surface area (Å²) in [7, 11) is 0. The molecule has 1 amide bonds. The summed E-state index contributed by atoms with van der Waals surface area (Å²) in [5.74, 6) is -0.390. The largest absolute Gasteiger partial charge is 0.480 e. The highest BCUT2D eigenvalue weighted by atomic mass is 16.4. The van der Waals surface area contributed by atoms with Crippen LogP contribution in [-0.2, 0) is 16.0 Å². The van der Waals surface area contributed by atoms with Gasteiger partial charge in [0.25, 0.3) is 0 Å². The molecule has 2 atom stereocenters. The summed E-state index contributed by atoms with van der Waals surface area (Å²) in [5, 5.41) is 11.9. The number of amides is 1. The highest BCUT2D eigenvalue weighted by molar-refractivity contribution is 5.83. The minimum atomic E-state index is -0.997. The van der Waals surface area contributed by atoms with E-state index in [1.807, 2.05) is 37.3 Å². The average molecular weight is 291 g/mol. The first-order valence-electron chi connectivity index (χ1n) is 7.44. The topological polar surface area (TPSA) is 66.4 Å². The van der Waals surface area contributed by atoms with Crippen LogP contribution in [0.15, 0.2) is 30.3 Å². The lowest BCUT2D eigenvalue weighted by Crippen LogP contribution is -2.42. The van der Waals surface area contributed by atoms with Crippen molar-refractivity contribution in [3.05, 3.63) is 35.9 Å². The molecule has 0 bridgehead atoms. The summed E-state index contributed by atoms with van der Waals surface area (Å²) in [6.45, 7) is 6.25. The van der Waals surface area contributed by atoms with E-state index < -0.39 is 12.0 Å². The first-order valence-corrected chi connectivity index (χ1v) is 7.44. The third-order valence-corrected chi connectivity index (χ3v) is 3.32. The van der Waals surface area contributed by atoms with Crippen molar-refractivity contribution in [2.24, 2.45) is 11.8 Å². The molecule has 0 fully saturated rings. The van der Waals surface area contributed by atoms with Crippen molar-refractivity contribution >= 4 is 11.9 Å². The van der Waals surface area contributed by atoms with Gasteiger partial charge in [0.15, 0.2) is 0 Å². The molecule has 2 N–H and O–H groups in total. The fourth-order valence-electron chi connectivity index (χ4n) is 2.51. The summed E-state index contributed by atoms with van der Waals surface area (Å²) >= 11 is 0. The van der Waals surface area contributed by atoms with Gasteiger partial charge in [-0.3, -0.25) is 4.79 Å². The molecule has 0 saturated carbocycles. The lowest BCUT2D eigenvalue weighted by Gasteiger charge is -2.17. The quantitative estimate of drug-likeness (QED) is 0.774. The smallest absolute Gasteiger partial charge is 0.326 e. The van der Waals surface area contributed by atoms with Crippen molar-refractivity contribution in [1.29, 1.82) is 0 Å². The molecule has 0 aromatic heterocycles. The molecular formula is C17H25NO3. The second kappa shape index (κ2) is 8.45. The number of rotatable bonds is 8. The predicted octanol–water partition coefficient (Wildman–Crippen LogP) is 2.87. The van der Waals surface area contributed by atoms with Crippen LogP contribution < -0.4 is 5.32 Å². The van der Waals surface area contributed by atoms with E-state index in [0.717, 1.165) is 12.0 Å². The second-order valence-electron chi connectivity index (χ2n) is 6.09. The van der Waals surface area contributed by atoms with Crippen LogP contribution in [0.4, 0.5) is 0 Å². The van der Waals surface area contributed by atoms with E-state index in [2.05, 4.69) is 19.2 Å². The number of carboxylic acids is 1. The lowest BCUT2D eigenvalue weighted by molar-refractivity contribution is -0.141. The Morgan fingerprint density at radius 1 is 1.14 bits per heavy atom. The van der Waals surface area contributed by atoms with Crippen molar-refractivity contribution in [2.45, 2.75) is 46.1 Å². The monoisotopic (exact) mass is 291 g/mol. The first kappa shape index (κ1) is 17.2. The zero-order chi connectivity index (χ0) is 15.8. The second-order valence-corrected chi connectivity index (χ2v) is 6.09. The van der Waals surface area contributed by atoms with Gasteiger partial charge in [0.05, 0.1) is 0 Å². The van der Waals surface area contributed by atoms with E-state index in [1.165, 1.54) is 0 Å². The fraction of sp³-hybridized carbons (Fsp3) is 0.529. The number of benzene rings is 1. The van der Waals surface area contributed by atoms with E-state index in [0.29, 0.717) is 18.8 Å². The molecule has 0 aliphatic heterocycles. The fourth-order valence-corrected chi connectivity index (χ4v) is 2.51. The van der Waals surface area contributed by atoms with Gasteiger partial charge in [0.1, 0.15) is 6.04 Å². The van der Waals surface area contributed by atoms with Gasteiger partial charge >= 0.3 is 5.97 Å². The highest BCUT2D eigenvalue weighted by Gasteiger charge is 2.21.